The molecule has 0 aliphatic carbocycles. The number of amides is 1. The lowest BCUT2D eigenvalue weighted by atomic mass is 10.0. The van der Waals surface area contributed by atoms with E-state index in [2.05, 4.69) is 0 Å². The molecule has 1 aromatic carbocycles. The van der Waals surface area contributed by atoms with Crippen molar-refractivity contribution in [3.8, 4) is 5.75 Å². The first-order valence-electron chi connectivity index (χ1n) is 6.09. The van der Waals surface area contributed by atoms with E-state index in [9.17, 15) is 18.0 Å². The molecule has 0 radical (unpaired) electrons. The van der Waals surface area contributed by atoms with Gasteiger partial charge in [0, 0.05) is 12.1 Å². The van der Waals surface area contributed by atoms with Gasteiger partial charge in [-0.2, -0.15) is 13.2 Å². The molecule has 1 amide bonds. The summed E-state index contributed by atoms with van der Waals surface area (Å²) >= 11 is 0. The Balaban J connectivity index is 2.24. The second-order valence-electron chi connectivity index (χ2n) is 4.88. The zero-order valence-electron chi connectivity index (χ0n) is 10.9. The van der Waals surface area contributed by atoms with E-state index in [4.69, 9.17) is 10.5 Å². The molecule has 1 aliphatic rings. The van der Waals surface area contributed by atoms with Crippen molar-refractivity contribution in [2.75, 3.05) is 13.2 Å². The maximum Gasteiger partial charge on any atom is 0.415 e. The van der Waals surface area contributed by atoms with Gasteiger partial charge in [0.05, 0.1) is 6.54 Å². The third kappa shape index (κ3) is 2.58. The minimum atomic E-state index is -4.79. The van der Waals surface area contributed by atoms with E-state index in [0.29, 0.717) is 18.2 Å². The lowest BCUT2D eigenvalue weighted by Crippen LogP contribution is -2.62. The van der Waals surface area contributed by atoms with Crippen LogP contribution in [0.2, 0.25) is 0 Å². The number of hydrogen-bond donors (Lipinski definition) is 1. The summed E-state index contributed by atoms with van der Waals surface area (Å²) in [6.45, 7) is 0.942. The van der Waals surface area contributed by atoms with E-state index < -0.39 is 17.6 Å². The van der Waals surface area contributed by atoms with Crippen molar-refractivity contribution < 1.29 is 22.7 Å². The number of rotatable bonds is 1. The fraction of sp³-hybridized carbons (Fsp3) is 0.462. The Labute approximate surface area is 114 Å². The van der Waals surface area contributed by atoms with E-state index in [1.165, 1.54) is 0 Å². The Kier molecular flexibility index (Phi) is 3.64. The summed E-state index contributed by atoms with van der Waals surface area (Å²) < 4.78 is 43.9. The van der Waals surface area contributed by atoms with Crippen LogP contribution in [0.5, 0.6) is 5.75 Å². The fourth-order valence-electron chi connectivity index (χ4n) is 1.95. The van der Waals surface area contributed by atoms with E-state index in [1.807, 2.05) is 0 Å². The highest BCUT2D eigenvalue weighted by Gasteiger charge is 2.55. The number of halogens is 3. The molecule has 2 rings (SSSR count). The molecule has 20 heavy (non-hydrogen) atoms. The van der Waals surface area contributed by atoms with Crippen molar-refractivity contribution in [2.45, 2.75) is 25.2 Å². The van der Waals surface area contributed by atoms with Gasteiger partial charge in [-0.05, 0) is 13.0 Å². The molecule has 0 fully saturated rings. The number of nitrogens with two attached hydrogens (primary N) is 1. The highest BCUT2D eigenvalue weighted by atomic mass is 19.4. The number of ether oxygens (including phenoxy) is 1. The number of hydrogen-bond acceptors (Lipinski definition) is 3. The van der Waals surface area contributed by atoms with E-state index in [0.717, 1.165) is 4.90 Å². The average molecular weight is 288 g/mol. The minimum Gasteiger partial charge on any atom is -0.491 e. The van der Waals surface area contributed by atoms with Crippen LogP contribution in [-0.4, -0.2) is 35.7 Å². The molecule has 1 aromatic rings. The molecule has 1 unspecified atom stereocenters. The number of fused-ring (bicyclic) bond motifs is 1. The number of nitrogens with zero attached hydrogens (tertiary/aromatic N) is 1. The first kappa shape index (κ1) is 14.6. The smallest absolute Gasteiger partial charge is 0.415 e. The molecule has 0 saturated carbocycles. The fourth-order valence-corrected chi connectivity index (χ4v) is 1.95. The molecule has 4 nitrogen and oxygen atoms in total. The van der Waals surface area contributed by atoms with Crippen LogP contribution in [0.4, 0.5) is 13.2 Å². The Bertz CT molecular complexity index is 515. The Morgan fingerprint density at radius 1 is 1.35 bits per heavy atom. The topological polar surface area (TPSA) is 55.6 Å². The predicted octanol–water partition coefficient (Wildman–Crippen LogP) is 1.69. The molecule has 0 spiro atoms. The summed E-state index contributed by atoms with van der Waals surface area (Å²) in [4.78, 5) is 13.1. The Morgan fingerprint density at radius 3 is 2.65 bits per heavy atom. The van der Waals surface area contributed by atoms with Crippen molar-refractivity contribution in [3.63, 3.8) is 0 Å². The standard InChI is InChI=1S/C13H15F3N2O2/c1-12(17,13(14,15)16)11(19)18-6-7-20-10-5-3-2-4-9(10)8-18/h2-5H,6-8,17H2,1H3. The van der Waals surface area contributed by atoms with Crippen LogP contribution < -0.4 is 10.5 Å². The van der Waals surface area contributed by atoms with Crippen molar-refractivity contribution >= 4 is 5.91 Å². The summed E-state index contributed by atoms with van der Waals surface area (Å²) in [7, 11) is 0. The van der Waals surface area contributed by atoms with Gasteiger partial charge in [0.15, 0.2) is 5.54 Å². The number of para-hydroxylation sites is 1. The molecular formula is C13H15F3N2O2. The summed E-state index contributed by atoms with van der Waals surface area (Å²) in [5, 5.41) is 0. The summed E-state index contributed by atoms with van der Waals surface area (Å²) in [5.41, 5.74) is 2.95. The number of carbonyl (C=O) groups excluding carboxylic acids is 1. The minimum absolute atomic E-state index is 0.0534. The van der Waals surface area contributed by atoms with Gasteiger partial charge in [-0.1, -0.05) is 18.2 Å². The van der Waals surface area contributed by atoms with Crippen LogP contribution in [0.1, 0.15) is 12.5 Å². The van der Waals surface area contributed by atoms with Gasteiger partial charge in [-0.25, -0.2) is 0 Å². The van der Waals surface area contributed by atoms with Gasteiger partial charge in [0.25, 0.3) is 5.91 Å². The molecule has 0 saturated heterocycles. The highest BCUT2D eigenvalue weighted by Crippen LogP contribution is 2.31. The van der Waals surface area contributed by atoms with Gasteiger partial charge >= 0.3 is 6.18 Å². The third-order valence-electron chi connectivity index (χ3n) is 3.27. The van der Waals surface area contributed by atoms with Crippen LogP contribution in [0.15, 0.2) is 24.3 Å². The normalized spacial score (nSPS) is 18.6. The van der Waals surface area contributed by atoms with Gasteiger partial charge in [-0.15, -0.1) is 0 Å². The summed E-state index contributed by atoms with van der Waals surface area (Å²) in [6, 6.07) is 6.93. The molecule has 1 aliphatic heterocycles. The highest BCUT2D eigenvalue weighted by molar-refractivity contribution is 5.86. The van der Waals surface area contributed by atoms with Gasteiger partial charge in [0.1, 0.15) is 12.4 Å². The molecule has 1 heterocycles. The molecule has 110 valence electrons. The second kappa shape index (κ2) is 4.97. The molecule has 1 atom stereocenters. The first-order chi connectivity index (χ1) is 9.23. The van der Waals surface area contributed by atoms with Gasteiger partial charge < -0.3 is 15.4 Å². The molecular weight excluding hydrogens is 273 g/mol. The lowest BCUT2D eigenvalue weighted by Gasteiger charge is -2.32. The lowest BCUT2D eigenvalue weighted by molar-refractivity contribution is -0.194. The van der Waals surface area contributed by atoms with Crippen molar-refractivity contribution in [1.82, 2.24) is 4.90 Å². The predicted molar refractivity (Wildman–Crippen MR) is 66.0 cm³/mol. The first-order valence-corrected chi connectivity index (χ1v) is 6.09. The Hall–Kier alpha value is -1.76. The Morgan fingerprint density at radius 2 is 2.00 bits per heavy atom. The van der Waals surface area contributed by atoms with Crippen LogP contribution in [0.3, 0.4) is 0 Å². The van der Waals surface area contributed by atoms with Crippen molar-refractivity contribution in [1.29, 1.82) is 0 Å². The largest absolute Gasteiger partial charge is 0.491 e. The molecule has 0 bridgehead atoms. The number of carbonyl (C=O) groups is 1. The quantitative estimate of drug-likeness (QED) is 0.855. The van der Waals surface area contributed by atoms with Crippen molar-refractivity contribution in [3.05, 3.63) is 29.8 Å². The number of benzene rings is 1. The van der Waals surface area contributed by atoms with Crippen LogP contribution in [0.25, 0.3) is 0 Å². The van der Waals surface area contributed by atoms with Crippen LogP contribution in [-0.2, 0) is 11.3 Å². The van der Waals surface area contributed by atoms with Gasteiger partial charge in [-0.3, -0.25) is 4.79 Å². The molecule has 0 aromatic heterocycles. The average Bonchev–Trinajstić information content (AvgIpc) is 2.58. The van der Waals surface area contributed by atoms with Crippen molar-refractivity contribution in [2.24, 2.45) is 5.73 Å². The van der Waals surface area contributed by atoms with Crippen LogP contribution in [0, 0.1) is 0 Å². The maximum atomic E-state index is 12.8. The van der Waals surface area contributed by atoms with Gasteiger partial charge in [0.2, 0.25) is 0 Å². The SMILES string of the molecule is CC(N)(C(=O)N1CCOc2ccccc2C1)C(F)(F)F. The third-order valence-corrected chi connectivity index (χ3v) is 3.27. The monoisotopic (exact) mass is 288 g/mol. The zero-order chi connectivity index (χ0) is 15.0. The summed E-state index contributed by atoms with van der Waals surface area (Å²) in [5.74, 6) is -0.571. The van der Waals surface area contributed by atoms with Crippen LogP contribution >= 0.6 is 0 Å². The summed E-state index contributed by atoms with van der Waals surface area (Å²) in [6.07, 6.45) is -4.79. The van der Waals surface area contributed by atoms with E-state index >= 15 is 0 Å². The van der Waals surface area contributed by atoms with E-state index in [1.54, 1.807) is 24.3 Å². The van der Waals surface area contributed by atoms with E-state index in [-0.39, 0.29) is 19.7 Å². The zero-order valence-corrected chi connectivity index (χ0v) is 10.9. The maximum absolute atomic E-state index is 12.8. The second-order valence-corrected chi connectivity index (χ2v) is 4.88. The number of alkyl halides is 3. The molecule has 7 heteroatoms. The molecule has 2 N–H and O–H groups in total.